The van der Waals surface area contributed by atoms with Crippen LogP contribution in [-0.4, -0.2) is 48.7 Å². The summed E-state index contributed by atoms with van der Waals surface area (Å²) < 4.78 is 1.20. The van der Waals surface area contributed by atoms with Crippen molar-refractivity contribution in [2.24, 2.45) is 5.73 Å². The quantitative estimate of drug-likeness (QED) is 0.538. The zero-order valence-electron chi connectivity index (χ0n) is 15.1. The number of aromatic amines is 1. The molecule has 3 rings (SSSR count). The van der Waals surface area contributed by atoms with Gasteiger partial charge in [0.05, 0.1) is 25.6 Å². The molecule has 0 spiro atoms. The number of primary amides is 1. The number of H-pyrrole nitrogens is 1. The molecule has 148 valence electrons. The Morgan fingerprint density at radius 3 is 2.75 bits per heavy atom. The van der Waals surface area contributed by atoms with Crippen molar-refractivity contribution in [1.29, 1.82) is 0 Å². The summed E-state index contributed by atoms with van der Waals surface area (Å²) in [4.78, 5) is 48.9. The Morgan fingerprint density at radius 2 is 2.11 bits per heavy atom. The van der Waals surface area contributed by atoms with Crippen LogP contribution < -0.4 is 16.7 Å². The highest BCUT2D eigenvalue weighted by atomic mass is 16.4. The summed E-state index contributed by atoms with van der Waals surface area (Å²) in [5.41, 5.74) is 6.28. The highest BCUT2D eigenvalue weighted by Crippen LogP contribution is 2.24. The molecule has 0 bridgehead atoms. The lowest BCUT2D eigenvalue weighted by molar-refractivity contribution is -0.153. The van der Waals surface area contributed by atoms with Gasteiger partial charge < -0.3 is 21.1 Å². The van der Waals surface area contributed by atoms with Crippen molar-refractivity contribution in [3.63, 3.8) is 0 Å². The van der Waals surface area contributed by atoms with Gasteiger partial charge in [-0.3, -0.25) is 9.36 Å². The van der Waals surface area contributed by atoms with Gasteiger partial charge in [-0.15, -0.1) is 0 Å². The lowest BCUT2D eigenvalue weighted by Crippen LogP contribution is -2.52. The fraction of sp³-hybridized carbons (Fsp3) is 0.353. The van der Waals surface area contributed by atoms with E-state index in [4.69, 9.17) is 5.73 Å². The number of carboxylic acid groups (broad SMARTS) is 1. The molecule has 3 amide bonds. The summed E-state index contributed by atoms with van der Waals surface area (Å²) in [6.07, 6.45) is -0.188. The number of aliphatic carboxylic acids is 1. The molecule has 1 aromatic carbocycles. The Hall–Kier alpha value is -3.63. The molecular formula is C17H20N6O5. The molecular weight excluding hydrogens is 368 g/mol. The van der Waals surface area contributed by atoms with E-state index < -0.39 is 35.7 Å². The minimum absolute atomic E-state index is 0.133. The smallest absolute Gasteiger partial charge is 0.343 e. The summed E-state index contributed by atoms with van der Waals surface area (Å²) in [6, 6.07) is 4.45. The van der Waals surface area contributed by atoms with Crippen molar-refractivity contribution >= 4 is 17.9 Å². The van der Waals surface area contributed by atoms with Crippen LogP contribution in [0.5, 0.6) is 0 Å². The first-order valence-corrected chi connectivity index (χ1v) is 8.55. The second-order valence-electron chi connectivity index (χ2n) is 6.55. The van der Waals surface area contributed by atoms with Gasteiger partial charge in [0.1, 0.15) is 6.04 Å². The number of aromatic nitrogens is 3. The van der Waals surface area contributed by atoms with Gasteiger partial charge in [0.25, 0.3) is 0 Å². The fourth-order valence-corrected chi connectivity index (χ4v) is 3.35. The number of urea groups is 1. The molecule has 1 aliphatic rings. The Morgan fingerprint density at radius 1 is 1.39 bits per heavy atom. The van der Waals surface area contributed by atoms with Crippen molar-refractivity contribution in [3.8, 4) is 0 Å². The number of fused-ring (bicyclic) bond motifs is 1. The van der Waals surface area contributed by atoms with Gasteiger partial charge in [-0.05, 0) is 18.1 Å². The molecule has 0 radical (unpaired) electrons. The third-order valence-corrected chi connectivity index (χ3v) is 4.75. The van der Waals surface area contributed by atoms with Crippen molar-refractivity contribution in [2.75, 3.05) is 0 Å². The molecule has 2 heterocycles. The lowest BCUT2D eigenvalue weighted by Gasteiger charge is -2.34. The van der Waals surface area contributed by atoms with Gasteiger partial charge in [-0.25, -0.2) is 19.5 Å². The van der Waals surface area contributed by atoms with Gasteiger partial charge in [-0.1, -0.05) is 24.3 Å². The van der Waals surface area contributed by atoms with Crippen molar-refractivity contribution in [3.05, 3.63) is 51.7 Å². The zero-order valence-corrected chi connectivity index (χ0v) is 15.1. The van der Waals surface area contributed by atoms with E-state index in [1.54, 1.807) is 12.1 Å². The van der Waals surface area contributed by atoms with E-state index in [1.807, 2.05) is 19.1 Å². The molecule has 1 aromatic heterocycles. The van der Waals surface area contributed by atoms with Crippen molar-refractivity contribution < 1.29 is 19.5 Å². The summed E-state index contributed by atoms with van der Waals surface area (Å²) >= 11 is 0. The molecule has 1 aliphatic heterocycles. The molecule has 0 saturated carbocycles. The van der Waals surface area contributed by atoms with Gasteiger partial charge in [0.2, 0.25) is 5.91 Å². The van der Waals surface area contributed by atoms with E-state index >= 15 is 0 Å². The molecule has 5 N–H and O–H groups in total. The zero-order chi connectivity index (χ0) is 20.4. The van der Waals surface area contributed by atoms with Crippen LogP contribution in [0.3, 0.4) is 0 Å². The van der Waals surface area contributed by atoms with E-state index in [-0.39, 0.29) is 25.3 Å². The average Bonchev–Trinajstić information content (AvgIpc) is 3.00. The third-order valence-electron chi connectivity index (χ3n) is 4.75. The number of carbonyl (C=O) groups excluding carboxylic acids is 2. The molecule has 0 saturated heterocycles. The van der Waals surface area contributed by atoms with Crippen LogP contribution in [-0.2, 0) is 22.7 Å². The number of aryl methyl sites for hydroxylation is 1. The van der Waals surface area contributed by atoms with Gasteiger partial charge in [0.15, 0.2) is 5.82 Å². The predicted octanol–water partition coefficient (Wildman–Crippen LogP) is -0.525. The largest absolute Gasteiger partial charge is 0.480 e. The Bertz CT molecular complexity index is 980. The first-order chi connectivity index (χ1) is 13.3. The number of rotatable bonds is 5. The van der Waals surface area contributed by atoms with Crippen LogP contribution in [0.25, 0.3) is 0 Å². The predicted molar refractivity (Wildman–Crippen MR) is 96.1 cm³/mol. The number of carbonyl (C=O) groups is 3. The van der Waals surface area contributed by atoms with Gasteiger partial charge in [-0.2, -0.15) is 5.10 Å². The van der Waals surface area contributed by atoms with Crippen LogP contribution in [0.2, 0.25) is 0 Å². The SMILES string of the molecule is Cc1ccccc1C(CC(=O)N1Cc2n[nH]c(=O)n2CC1C(=O)O)NC(N)=O. The van der Waals surface area contributed by atoms with Gasteiger partial charge in [0, 0.05) is 0 Å². The number of benzene rings is 1. The van der Waals surface area contributed by atoms with Crippen molar-refractivity contribution in [1.82, 2.24) is 25.0 Å². The number of amides is 3. The minimum Gasteiger partial charge on any atom is -0.480 e. The molecule has 2 unspecified atom stereocenters. The lowest BCUT2D eigenvalue weighted by atomic mass is 9.97. The Labute approximate surface area is 159 Å². The second kappa shape index (κ2) is 7.55. The van der Waals surface area contributed by atoms with Crippen LogP contribution >= 0.6 is 0 Å². The molecule has 28 heavy (non-hydrogen) atoms. The van der Waals surface area contributed by atoms with Crippen LogP contribution in [0.15, 0.2) is 29.1 Å². The first-order valence-electron chi connectivity index (χ1n) is 8.55. The molecule has 11 nitrogen and oxygen atoms in total. The number of hydrogen-bond donors (Lipinski definition) is 4. The first kappa shape index (κ1) is 19.1. The second-order valence-corrected chi connectivity index (χ2v) is 6.55. The van der Waals surface area contributed by atoms with Crippen molar-refractivity contribution in [2.45, 2.75) is 38.5 Å². The van der Waals surface area contributed by atoms with Crippen LogP contribution in [0.4, 0.5) is 4.79 Å². The Balaban J connectivity index is 1.88. The molecule has 2 aromatic rings. The number of nitrogens with two attached hydrogens (primary N) is 1. The topological polar surface area (TPSA) is 163 Å². The fourth-order valence-electron chi connectivity index (χ4n) is 3.35. The summed E-state index contributed by atoms with van der Waals surface area (Å²) in [5.74, 6) is -1.47. The number of hydrogen-bond acceptors (Lipinski definition) is 5. The summed E-state index contributed by atoms with van der Waals surface area (Å²) in [5, 5.41) is 18.1. The highest BCUT2D eigenvalue weighted by Gasteiger charge is 2.37. The standard InChI is InChI=1S/C17H20N6O5/c1-9-4-2-3-5-10(9)11(19-16(18)27)6-14(24)22-8-13-20-21-17(28)23(13)7-12(22)15(25)26/h2-5,11-12H,6-8H2,1H3,(H,21,28)(H,25,26)(H3,18,19,27). The minimum atomic E-state index is -1.23. The van der Waals surface area contributed by atoms with E-state index in [1.165, 1.54) is 4.57 Å². The highest BCUT2D eigenvalue weighted by molar-refractivity contribution is 5.85. The van der Waals surface area contributed by atoms with E-state index in [0.29, 0.717) is 5.56 Å². The number of nitrogens with zero attached hydrogens (tertiary/aromatic N) is 3. The number of nitrogens with one attached hydrogen (secondary N) is 2. The monoisotopic (exact) mass is 388 g/mol. The van der Waals surface area contributed by atoms with E-state index in [9.17, 15) is 24.3 Å². The third kappa shape index (κ3) is 3.72. The molecule has 2 atom stereocenters. The summed E-state index contributed by atoms with van der Waals surface area (Å²) in [6.45, 7) is 1.49. The average molecular weight is 388 g/mol. The maximum Gasteiger partial charge on any atom is 0.343 e. The van der Waals surface area contributed by atoms with Crippen LogP contribution in [0, 0.1) is 6.92 Å². The van der Waals surface area contributed by atoms with E-state index in [2.05, 4.69) is 15.5 Å². The van der Waals surface area contributed by atoms with Gasteiger partial charge >= 0.3 is 17.7 Å². The maximum absolute atomic E-state index is 13.0. The summed E-state index contributed by atoms with van der Waals surface area (Å²) in [7, 11) is 0. The maximum atomic E-state index is 13.0. The normalized spacial score (nSPS) is 16.9. The Kier molecular flexibility index (Phi) is 5.16. The number of carboxylic acids is 1. The van der Waals surface area contributed by atoms with E-state index in [0.717, 1.165) is 10.5 Å². The van der Waals surface area contributed by atoms with Crippen LogP contribution in [0.1, 0.15) is 29.4 Å². The molecule has 0 fully saturated rings. The molecule has 0 aliphatic carbocycles. The molecule has 11 heteroatoms.